The fraction of sp³-hybridized carbons (Fsp3) is 0.333. The summed E-state index contributed by atoms with van der Waals surface area (Å²) in [5.41, 5.74) is 1.33. The van der Waals surface area contributed by atoms with Gasteiger partial charge in [-0.3, -0.25) is 19.4 Å². The van der Waals surface area contributed by atoms with Crippen LogP contribution in [0.5, 0.6) is 0 Å². The third kappa shape index (κ3) is 3.98. The molecular formula is C24H24N6O5. The first-order chi connectivity index (χ1) is 17.0. The van der Waals surface area contributed by atoms with E-state index in [0.29, 0.717) is 26.2 Å². The van der Waals surface area contributed by atoms with Crippen LogP contribution in [0.3, 0.4) is 0 Å². The molecule has 0 saturated carbocycles. The summed E-state index contributed by atoms with van der Waals surface area (Å²) >= 11 is 0. The lowest BCUT2D eigenvalue weighted by molar-refractivity contribution is -0.134. The van der Waals surface area contributed by atoms with Gasteiger partial charge in [0.05, 0.1) is 18.4 Å². The summed E-state index contributed by atoms with van der Waals surface area (Å²) in [6.07, 6.45) is 0. The van der Waals surface area contributed by atoms with Gasteiger partial charge in [-0.2, -0.15) is 5.11 Å². The summed E-state index contributed by atoms with van der Waals surface area (Å²) in [4.78, 5) is 56.4. The molecule has 5 rings (SSSR count). The molecule has 3 aliphatic heterocycles. The van der Waals surface area contributed by atoms with Crippen molar-refractivity contribution in [3.8, 4) is 0 Å². The van der Waals surface area contributed by atoms with Crippen molar-refractivity contribution in [3.05, 3.63) is 60.2 Å². The van der Waals surface area contributed by atoms with Crippen molar-refractivity contribution in [2.45, 2.75) is 12.1 Å². The van der Waals surface area contributed by atoms with E-state index in [9.17, 15) is 19.2 Å². The predicted molar refractivity (Wildman–Crippen MR) is 125 cm³/mol. The van der Waals surface area contributed by atoms with Gasteiger partial charge in [-0.1, -0.05) is 35.6 Å². The minimum Gasteiger partial charge on any atom is -0.465 e. The molecule has 0 unspecified atom stereocenters. The number of piperazine rings is 1. The molecule has 11 nitrogen and oxygen atoms in total. The number of methoxy groups -OCH3 is 1. The molecular weight excluding hydrogens is 452 g/mol. The summed E-state index contributed by atoms with van der Waals surface area (Å²) < 4.78 is 4.78. The number of hydrogen-bond acceptors (Lipinski definition) is 9. The summed E-state index contributed by atoms with van der Waals surface area (Å²) in [6.45, 7) is 2.30. The van der Waals surface area contributed by atoms with Gasteiger partial charge in [-0.05, 0) is 24.3 Å². The standard InChI is InChI=1S/C24H24N6O5/c1-35-24(34)17-9-5-6-10-18(17)30-22(32)20-21(23(30)33)29(26-25-20)15-19(31)28-13-11-27(12-14-28)16-7-3-2-4-8-16/h2-10,20-21H,11-15H2,1H3/t20-,21-/m1/s1. The number of benzene rings is 2. The number of imide groups is 1. The highest BCUT2D eigenvalue weighted by Gasteiger charge is 2.55. The van der Waals surface area contributed by atoms with Crippen LogP contribution < -0.4 is 9.80 Å². The van der Waals surface area contributed by atoms with Crippen LogP contribution in [0.2, 0.25) is 0 Å². The van der Waals surface area contributed by atoms with Gasteiger partial charge in [0.25, 0.3) is 11.8 Å². The van der Waals surface area contributed by atoms with Gasteiger partial charge in [-0.15, -0.1) is 0 Å². The maximum atomic E-state index is 13.3. The van der Waals surface area contributed by atoms with Crippen LogP contribution in [0.4, 0.5) is 11.4 Å². The smallest absolute Gasteiger partial charge is 0.339 e. The molecule has 3 aliphatic rings. The van der Waals surface area contributed by atoms with E-state index >= 15 is 0 Å². The lowest BCUT2D eigenvalue weighted by atomic mass is 10.1. The fourth-order valence-electron chi connectivity index (χ4n) is 4.63. The minimum absolute atomic E-state index is 0.0903. The highest BCUT2D eigenvalue weighted by Crippen LogP contribution is 2.33. The van der Waals surface area contributed by atoms with Crippen LogP contribution in [0.1, 0.15) is 10.4 Å². The Morgan fingerprint density at radius 2 is 1.63 bits per heavy atom. The molecule has 2 saturated heterocycles. The van der Waals surface area contributed by atoms with Crippen molar-refractivity contribution in [3.63, 3.8) is 0 Å². The van der Waals surface area contributed by atoms with Crippen LogP contribution in [0.15, 0.2) is 64.9 Å². The van der Waals surface area contributed by atoms with E-state index in [1.54, 1.807) is 17.0 Å². The summed E-state index contributed by atoms with van der Waals surface area (Å²) in [6, 6.07) is 14.1. The number of fused-ring (bicyclic) bond motifs is 1. The quantitative estimate of drug-likeness (QED) is 0.469. The number of anilines is 2. The second-order valence-corrected chi connectivity index (χ2v) is 8.42. The Hall–Kier alpha value is -4.28. The third-order valence-corrected chi connectivity index (χ3v) is 6.46. The SMILES string of the molecule is COC(=O)c1ccccc1N1C(=O)[C@@H]2N=NN(CC(=O)N3CCN(c4ccccc4)CC3)[C@H]2C1=O. The summed E-state index contributed by atoms with van der Waals surface area (Å²) in [5.74, 6) is -2.03. The number of para-hydroxylation sites is 2. The highest BCUT2D eigenvalue weighted by atomic mass is 16.5. The maximum Gasteiger partial charge on any atom is 0.339 e. The average Bonchev–Trinajstić information content (AvgIpc) is 3.42. The van der Waals surface area contributed by atoms with Crippen LogP contribution in [-0.2, 0) is 19.1 Å². The molecule has 2 aromatic carbocycles. The van der Waals surface area contributed by atoms with E-state index in [-0.39, 0.29) is 23.7 Å². The highest BCUT2D eigenvalue weighted by molar-refractivity contribution is 6.26. The molecule has 0 aromatic heterocycles. The lowest BCUT2D eigenvalue weighted by Gasteiger charge is -2.36. The number of esters is 1. The average molecular weight is 476 g/mol. The molecule has 180 valence electrons. The van der Waals surface area contributed by atoms with Gasteiger partial charge < -0.3 is 14.5 Å². The van der Waals surface area contributed by atoms with Crippen LogP contribution in [-0.4, -0.2) is 85.5 Å². The van der Waals surface area contributed by atoms with Crippen molar-refractivity contribution in [2.24, 2.45) is 10.3 Å². The normalized spacial score (nSPS) is 21.5. The Bertz CT molecular complexity index is 1190. The lowest BCUT2D eigenvalue weighted by Crippen LogP contribution is -2.52. The number of hydrogen-bond donors (Lipinski definition) is 0. The Labute approximate surface area is 201 Å². The summed E-state index contributed by atoms with van der Waals surface area (Å²) in [7, 11) is 1.22. The van der Waals surface area contributed by atoms with Crippen molar-refractivity contribution in [1.29, 1.82) is 0 Å². The van der Waals surface area contributed by atoms with Gasteiger partial charge in [0.15, 0.2) is 12.1 Å². The molecule has 11 heteroatoms. The number of nitrogens with zero attached hydrogens (tertiary/aromatic N) is 6. The molecule has 0 aliphatic carbocycles. The van der Waals surface area contributed by atoms with Gasteiger partial charge >= 0.3 is 5.97 Å². The van der Waals surface area contributed by atoms with Gasteiger partial charge in [0, 0.05) is 31.9 Å². The van der Waals surface area contributed by atoms with Crippen molar-refractivity contribution < 1.29 is 23.9 Å². The molecule has 0 spiro atoms. The van der Waals surface area contributed by atoms with Gasteiger partial charge in [0.1, 0.15) is 6.54 Å². The Morgan fingerprint density at radius 3 is 2.34 bits per heavy atom. The van der Waals surface area contributed by atoms with E-state index in [0.717, 1.165) is 10.6 Å². The first-order valence-corrected chi connectivity index (χ1v) is 11.3. The van der Waals surface area contributed by atoms with E-state index in [1.807, 2.05) is 30.3 Å². The molecule has 2 fully saturated rings. The number of rotatable bonds is 5. The van der Waals surface area contributed by atoms with Crippen LogP contribution >= 0.6 is 0 Å². The number of carbonyl (C=O) groups excluding carboxylic acids is 4. The van der Waals surface area contributed by atoms with Crippen molar-refractivity contribution in [1.82, 2.24) is 9.91 Å². The second-order valence-electron chi connectivity index (χ2n) is 8.42. The first-order valence-electron chi connectivity index (χ1n) is 11.3. The zero-order valence-corrected chi connectivity index (χ0v) is 19.1. The van der Waals surface area contributed by atoms with Crippen LogP contribution in [0, 0.1) is 0 Å². The maximum absolute atomic E-state index is 13.3. The molecule has 0 radical (unpaired) electrons. The zero-order valence-electron chi connectivity index (χ0n) is 19.1. The number of carbonyl (C=O) groups is 4. The first kappa shape index (κ1) is 22.5. The topological polar surface area (TPSA) is 115 Å². The fourth-order valence-corrected chi connectivity index (χ4v) is 4.63. The third-order valence-electron chi connectivity index (χ3n) is 6.46. The van der Waals surface area contributed by atoms with E-state index in [4.69, 9.17) is 4.74 Å². The molecule has 35 heavy (non-hydrogen) atoms. The molecule has 2 aromatic rings. The molecule has 0 N–H and O–H groups in total. The zero-order chi connectivity index (χ0) is 24.5. The Balaban J connectivity index is 1.26. The monoisotopic (exact) mass is 476 g/mol. The van der Waals surface area contributed by atoms with E-state index in [2.05, 4.69) is 15.2 Å². The Morgan fingerprint density at radius 1 is 0.943 bits per heavy atom. The van der Waals surface area contributed by atoms with Gasteiger partial charge in [0.2, 0.25) is 5.91 Å². The number of ether oxygens (including phenoxy) is 1. The van der Waals surface area contributed by atoms with E-state index < -0.39 is 29.9 Å². The largest absolute Gasteiger partial charge is 0.465 e. The minimum atomic E-state index is -1.06. The number of amides is 3. The summed E-state index contributed by atoms with van der Waals surface area (Å²) in [5, 5.41) is 9.21. The molecule has 3 heterocycles. The molecule has 3 amide bonds. The molecule has 0 bridgehead atoms. The predicted octanol–water partition coefficient (Wildman–Crippen LogP) is 1.12. The van der Waals surface area contributed by atoms with Crippen LogP contribution in [0.25, 0.3) is 0 Å². The van der Waals surface area contributed by atoms with E-state index in [1.165, 1.54) is 24.3 Å². The van der Waals surface area contributed by atoms with Crippen molar-refractivity contribution in [2.75, 3.05) is 49.6 Å². The Kier molecular flexibility index (Phi) is 5.89. The second kappa shape index (κ2) is 9.16. The van der Waals surface area contributed by atoms with Crippen molar-refractivity contribution >= 4 is 35.1 Å². The molecule has 2 atom stereocenters. The van der Waals surface area contributed by atoms with Gasteiger partial charge in [-0.25, -0.2) is 9.69 Å².